The van der Waals surface area contributed by atoms with Gasteiger partial charge in [-0.25, -0.2) is 0 Å². The van der Waals surface area contributed by atoms with Gasteiger partial charge in [-0.15, -0.1) is 0 Å². The van der Waals surface area contributed by atoms with Crippen molar-refractivity contribution in [2.75, 3.05) is 39.8 Å². The van der Waals surface area contributed by atoms with Gasteiger partial charge < -0.3 is 19.4 Å². The van der Waals surface area contributed by atoms with E-state index in [0.717, 1.165) is 52.0 Å². The summed E-state index contributed by atoms with van der Waals surface area (Å²) in [5, 5.41) is 0. The molecule has 3 rings (SSSR count). The molecule has 3 saturated heterocycles. The van der Waals surface area contributed by atoms with Gasteiger partial charge in [0.05, 0.1) is 12.1 Å². The molecule has 118 valence electrons. The number of hydrogen-bond donors (Lipinski definition) is 0. The van der Waals surface area contributed by atoms with Crippen LogP contribution < -0.4 is 0 Å². The molecule has 0 aromatic rings. The summed E-state index contributed by atoms with van der Waals surface area (Å²) in [5.74, 6) is 0.262. The molecule has 6 heteroatoms. The van der Waals surface area contributed by atoms with Gasteiger partial charge in [-0.05, 0) is 26.3 Å². The number of fused-ring (bicyclic) bond motifs is 1. The van der Waals surface area contributed by atoms with Gasteiger partial charge in [-0.1, -0.05) is 0 Å². The van der Waals surface area contributed by atoms with Gasteiger partial charge in [-0.3, -0.25) is 9.59 Å². The van der Waals surface area contributed by atoms with Crippen molar-refractivity contribution in [1.29, 1.82) is 0 Å². The summed E-state index contributed by atoms with van der Waals surface area (Å²) in [6, 6.07) is 0.180. The van der Waals surface area contributed by atoms with Gasteiger partial charge in [0.25, 0.3) is 5.91 Å². The molecule has 0 bridgehead atoms. The lowest BCUT2D eigenvalue weighted by molar-refractivity contribution is -0.157. The highest BCUT2D eigenvalue weighted by atomic mass is 16.5. The van der Waals surface area contributed by atoms with Crippen LogP contribution in [0.15, 0.2) is 0 Å². The summed E-state index contributed by atoms with van der Waals surface area (Å²) in [5.41, 5.74) is 0. The largest absolute Gasteiger partial charge is 0.363 e. The topological polar surface area (TPSA) is 53.1 Å². The minimum atomic E-state index is -0.304. The fraction of sp³-hybridized carbons (Fsp3) is 0.867. The predicted molar refractivity (Wildman–Crippen MR) is 77.8 cm³/mol. The van der Waals surface area contributed by atoms with E-state index in [9.17, 15) is 9.59 Å². The molecule has 0 radical (unpaired) electrons. The molecule has 0 N–H and O–H groups in total. The Morgan fingerprint density at radius 1 is 1.00 bits per heavy atom. The molecule has 3 atom stereocenters. The first-order valence-corrected chi connectivity index (χ1v) is 7.96. The molecule has 0 saturated carbocycles. The molecule has 2 amide bonds. The first kappa shape index (κ1) is 14.8. The van der Waals surface area contributed by atoms with E-state index < -0.39 is 0 Å². The molecule has 0 unspecified atom stereocenters. The van der Waals surface area contributed by atoms with Crippen LogP contribution in [-0.2, 0) is 14.3 Å². The van der Waals surface area contributed by atoms with E-state index in [1.54, 1.807) is 6.92 Å². The minimum absolute atomic E-state index is 0.0454. The van der Waals surface area contributed by atoms with Crippen LogP contribution >= 0.6 is 0 Å². The van der Waals surface area contributed by atoms with Crippen molar-refractivity contribution in [3.05, 3.63) is 0 Å². The van der Waals surface area contributed by atoms with E-state index in [1.165, 1.54) is 0 Å². The van der Waals surface area contributed by atoms with Crippen LogP contribution in [0.5, 0.6) is 0 Å². The number of rotatable bonds is 1. The monoisotopic (exact) mass is 295 g/mol. The number of carbonyl (C=O) groups excluding carboxylic acids is 2. The zero-order valence-corrected chi connectivity index (χ0v) is 13.0. The van der Waals surface area contributed by atoms with Gasteiger partial charge in [-0.2, -0.15) is 0 Å². The second-order valence-electron chi connectivity index (χ2n) is 6.44. The Morgan fingerprint density at radius 2 is 1.71 bits per heavy atom. The standard InChI is InChI=1S/C15H25N3O3/c1-11(19)18-6-5-13-12(18)3-4-14(21-13)15(20)17-9-7-16(2)8-10-17/h12-14H,3-10H2,1-2H3/t12-,13-,14-/m1/s1. The predicted octanol–water partition coefficient (Wildman–Crippen LogP) is -0.0712. The second-order valence-corrected chi connectivity index (χ2v) is 6.44. The van der Waals surface area contributed by atoms with Crippen LogP contribution in [0.3, 0.4) is 0 Å². The number of piperazine rings is 1. The fourth-order valence-electron chi connectivity index (χ4n) is 3.73. The molecule has 3 heterocycles. The number of ether oxygens (including phenoxy) is 1. The normalized spacial score (nSPS) is 33.9. The number of likely N-dealkylation sites (N-methyl/N-ethyl adjacent to an activating group) is 1. The van der Waals surface area contributed by atoms with E-state index in [4.69, 9.17) is 4.74 Å². The lowest BCUT2D eigenvalue weighted by Gasteiger charge is -2.39. The van der Waals surface area contributed by atoms with Crippen LogP contribution in [0.4, 0.5) is 0 Å². The van der Waals surface area contributed by atoms with Gasteiger partial charge in [0.1, 0.15) is 6.10 Å². The van der Waals surface area contributed by atoms with E-state index >= 15 is 0 Å². The zero-order valence-electron chi connectivity index (χ0n) is 13.0. The van der Waals surface area contributed by atoms with E-state index in [0.29, 0.717) is 0 Å². The molecule has 3 aliphatic rings. The molecule has 0 aromatic carbocycles. The molecule has 0 aromatic heterocycles. The SMILES string of the molecule is CC(=O)N1CC[C@H]2O[C@@H](C(=O)N3CCN(C)CC3)CC[C@H]21. The van der Waals surface area contributed by atoms with Gasteiger partial charge in [0, 0.05) is 39.6 Å². The minimum Gasteiger partial charge on any atom is -0.363 e. The Labute approximate surface area is 126 Å². The number of amides is 2. The van der Waals surface area contributed by atoms with Crippen molar-refractivity contribution in [3.63, 3.8) is 0 Å². The molecular weight excluding hydrogens is 270 g/mol. The highest BCUT2D eigenvalue weighted by Gasteiger charge is 2.43. The third-order valence-electron chi connectivity index (χ3n) is 5.04. The maximum Gasteiger partial charge on any atom is 0.251 e. The molecule has 3 aliphatic heterocycles. The Hall–Kier alpha value is -1.14. The van der Waals surface area contributed by atoms with Crippen LogP contribution in [-0.4, -0.2) is 84.5 Å². The van der Waals surface area contributed by atoms with Gasteiger partial charge in [0.2, 0.25) is 5.91 Å². The zero-order chi connectivity index (χ0) is 15.0. The average molecular weight is 295 g/mol. The van der Waals surface area contributed by atoms with E-state index in [-0.39, 0.29) is 30.1 Å². The maximum atomic E-state index is 12.6. The van der Waals surface area contributed by atoms with Gasteiger partial charge in [0.15, 0.2) is 0 Å². The smallest absolute Gasteiger partial charge is 0.251 e. The Morgan fingerprint density at radius 3 is 2.38 bits per heavy atom. The molecule has 0 aliphatic carbocycles. The summed E-state index contributed by atoms with van der Waals surface area (Å²) < 4.78 is 6.03. The highest BCUT2D eigenvalue weighted by molar-refractivity contribution is 5.81. The Kier molecular flexibility index (Phi) is 4.17. The maximum absolute atomic E-state index is 12.6. The van der Waals surface area contributed by atoms with Crippen LogP contribution in [0, 0.1) is 0 Å². The second kappa shape index (κ2) is 5.93. The van der Waals surface area contributed by atoms with Crippen molar-refractivity contribution < 1.29 is 14.3 Å². The molecule has 3 fully saturated rings. The van der Waals surface area contributed by atoms with Crippen LogP contribution in [0.1, 0.15) is 26.2 Å². The first-order chi connectivity index (χ1) is 10.1. The number of hydrogen-bond acceptors (Lipinski definition) is 4. The van der Waals surface area contributed by atoms with Crippen molar-refractivity contribution in [2.24, 2.45) is 0 Å². The first-order valence-electron chi connectivity index (χ1n) is 7.96. The number of carbonyl (C=O) groups is 2. The summed E-state index contributed by atoms with van der Waals surface area (Å²) in [6.45, 7) is 5.83. The van der Waals surface area contributed by atoms with Crippen molar-refractivity contribution in [3.8, 4) is 0 Å². The summed E-state index contributed by atoms with van der Waals surface area (Å²) in [6.07, 6.45) is 2.21. The summed E-state index contributed by atoms with van der Waals surface area (Å²) in [7, 11) is 2.08. The third-order valence-corrected chi connectivity index (χ3v) is 5.04. The molecule has 6 nitrogen and oxygen atoms in total. The van der Waals surface area contributed by atoms with Crippen LogP contribution in [0.25, 0.3) is 0 Å². The lowest BCUT2D eigenvalue weighted by Crippen LogP contribution is -2.53. The fourth-order valence-corrected chi connectivity index (χ4v) is 3.73. The Bertz CT molecular complexity index is 420. The third kappa shape index (κ3) is 2.92. The van der Waals surface area contributed by atoms with Crippen LogP contribution in [0.2, 0.25) is 0 Å². The molecule has 21 heavy (non-hydrogen) atoms. The Balaban J connectivity index is 1.57. The summed E-state index contributed by atoms with van der Waals surface area (Å²) in [4.78, 5) is 30.2. The molecule has 0 spiro atoms. The average Bonchev–Trinajstić information content (AvgIpc) is 2.90. The van der Waals surface area contributed by atoms with Crippen molar-refractivity contribution in [1.82, 2.24) is 14.7 Å². The van der Waals surface area contributed by atoms with Crippen molar-refractivity contribution >= 4 is 11.8 Å². The lowest BCUT2D eigenvalue weighted by atomic mass is 9.98. The summed E-state index contributed by atoms with van der Waals surface area (Å²) >= 11 is 0. The van der Waals surface area contributed by atoms with Gasteiger partial charge >= 0.3 is 0 Å². The molecular formula is C15H25N3O3. The highest BCUT2D eigenvalue weighted by Crippen LogP contribution is 2.32. The quantitative estimate of drug-likeness (QED) is 0.679. The number of nitrogens with zero attached hydrogens (tertiary/aromatic N) is 3. The number of likely N-dealkylation sites (tertiary alicyclic amines) is 1. The van der Waals surface area contributed by atoms with E-state index in [1.807, 2.05) is 9.80 Å². The van der Waals surface area contributed by atoms with E-state index in [2.05, 4.69) is 11.9 Å². The van der Waals surface area contributed by atoms with Crippen molar-refractivity contribution in [2.45, 2.75) is 44.4 Å².